The average Bonchev–Trinajstić information content (AvgIpc) is 2.90. The maximum Gasteiger partial charge on any atom is 0.113 e. The third kappa shape index (κ3) is 7.34. The molecule has 5 heteroatoms. The first-order valence-corrected chi connectivity index (χ1v) is 12.2. The van der Waals surface area contributed by atoms with Crippen LogP contribution in [0.5, 0.6) is 0 Å². The van der Waals surface area contributed by atoms with E-state index in [-0.39, 0.29) is 12.1 Å². The Morgan fingerprint density at radius 3 is 1.69 bits per heavy atom. The number of hydrogen-bond donors (Lipinski definition) is 2. The fraction of sp³-hybridized carbons (Fsp3) is 0.333. The minimum absolute atomic E-state index is 0.156. The molecule has 0 radical (unpaired) electrons. The van der Waals surface area contributed by atoms with Gasteiger partial charge in [0.05, 0.1) is 38.6 Å². The number of aliphatic hydroxyl groups excluding tert-OH is 1. The standard InChI is InChI=1S/C30H35NO4/c1-2-12-26-28(32)30(35-21-25-17-10-5-11-18-25)29(34-20-24-15-8-4-9-16-24)27(31-26)22-33-19-23-13-6-3-7-14-23/h2-11,13-18,26-32H,1,12,19-22H2/t26-,27+,28+,29-,30-/m1/s1. The summed E-state index contributed by atoms with van der Waals surface area (Å²) in [4.78, 5) is 0. The Morgan fingerprint density at radius 2 is 1.17 bits per heavy atom. The van der Waals surface area contributed by atoms with E-state index in [4.69, 9.17) is 14.2 Å². The Hall–Kier alpha value is -2.80. The zero-order valence-corrected chi connectivity index (χ0v) is 20.0. The molecule has 1 saturated heterocycles. The summed E-state index contributed by atoms with van der Waals surface area (Å²) >= 11 is 0. The summed E-state index contributed by atoms with van der Waals surface area (Å²) in [7, 11) is 0. The van der Waals surface area contributed by atoms with Crippen molar-refractivity contribution in [3.63, 3.8) is 0 Å². The highest BCUT2D eigenvalue weighted by Gasteiger charge is 2.45. The van der Waals surface area contributed by atoms with Crippen LogP contribution in [0.4, 0.5) is 0 Å². The number of piperidine rings is 1. The Balaban J connectivity index is 1.50. The highest BCUT2D eigenvalue weighted by atomic mass is 16.6. The highest BCUT2D eigenvalue weighted by molar-refractivity contribution is 5.16. The van der Waals surface area contributed by atoms with Crippen LogP contribution in [-0.4, -0.2) is 42.1 Å². The summed E-state index contributed by atoms with van der Waals surface area (Å²) in [5, 5.41) is 14.8. The van der Waals surface area contributed by atoms with Crippen molar-refractivity contribution in [1.29, 1.82) is 0 Å². The molecule has 1 aliphatic heterocycles. The van der Waals surface area contributed by atoms with Gasteiger partial charge < -0.3 is 24.6 Å². The second-order valence-corrected chi connectivity index (χ2v) is 8.92. The lowest BCUT2D eigenvalue weighted by molar-refractivity contribution is -0.177. The van der Waals surface area contributed by atoms with Crippen LogP contribution in [0.3, 0.4) is 0 Å². The molecule has 184 valence electrons. The van der Waals surface area contributed by atoms with Gasteiger partial charge in [0.15, 0.2) is 0 Å². The van der Waals surface area contributed by atoms with Gasteiger partial charge in [0.2, 0.25) is 0 Å². The summed E-state index contributed by atoms with van der Waals surface area (Å²) in [5.74, 6) is 0. The Kier molecular flexibility index (Phi) is 9.64. The van der Waals surface area contributed by atoms with Crippen LogP contribution in [0.25, 0.3) is 0 Å². The lowest BCUT2D eigenvalue weighted by atomic mass is 9.88. The molecule has 4 rings (SSSR count). The Bertz CT molecular complexity index is 999. The maximum absolute atomic E-state index is 11.3. The molecule has 1 aliphatic rings. The first kappa shape index (κ1) is 25.3. The molecule has 1 heterocycles. The van der Waals surface area contributed by atoms with Gasteiger partial charge in [-0.1, -0.05) is 97.1 Å². The Morgan fingerprint density at radius 1 is 0.686 bits per heavy atom. The van der Waals surface area contributed by atoms with Gasteiger partial charge in [-0.25, -0.2) is 0 Å². The van der Waals surface area contributed by atoms with Crippen LogP contribution < -0.4 is 5.32 Å². The van der Waals surface area contributed by atoms with Crippen molar-refractivity contribution in [2.75, 3.05) is 6.61 Å². The van der Waals surface area contributed by atoms with Crippen molar-refractivity contribution in [3.8, 4) is 0 Å². The molecule has 0 aliphatic carbocycles. The van der Waals surface area contributed by atoms with Crippen LogP contribution in [0.2, 0.25) is 0 Å². The monoisotopic (exact) mass is 473 g/mol. The second-order valence-electron chi connectivity index (χ2n) is 8.92. The molecule has 2 N–H and O–H groups in total. The fourth-order valence-electron chi connectivity index (χ4n) is 4.47. The van der Waals surface area contributed by atoms with Gasteiger partial charge >= 0.3 is 0 Å². The van der Waals surface area contributed by atoms with Crippen LogP contribution in [0, 0.1) is 0 Å². The lowest BCUT2D eigenvalue weighted by Crippen LogP contribution is -2.67. The van der Waals surface area contributed by atoms with Crippen molar-refractivity contribution >= 4 is 0 Å². The maximum atomic E-state index is 11.3. The molecule has 0 saturated carbocycles. The van der Waals surface area contributed by atoms with Gasteiger partial charge in [-0.3, -0.25) is 0 Å². The smallest absolute Gasteiger partial charge is 0.113 e. The van der Waals surface area contributed by atoms with Crippen molar-refractivity contribution in [2.24, 2.45) is 0 Å². The molecule has 5 atom stereocenters. The molecule has 1 fully saturated rings. The van der Waals surface area contributed by atoms with Crippen LogP contribution in [-0.2, 0) is 34.0 Å². The summed E-state index contributed by atoms with van der Waals surface area (Å²) in [6, 6.07) is 29.8. The van der Waals surface area contributed by atoms with E-state index in [2.05, 4.69) is 11.9 Å². The van der Waals surface area contributed by atoms with Crippen LogP contribution in [0.1, 0.15) is 23.1 Å². The first-order valence-electron chi connectivity index (χ1n) is 12.2. The molecule has 0 amide bonds. The van der Waals surface area contributed by atoms with Gasteiger partial charge in [0, 0.05) is 6.04 Å². The van der Waals surface area contributed by atoms with Gasteiger partial charge in [-0.05, 0) is 23.1 Å². The average molecular weight is 474 g/mol. The minimum Gasteiger partial charge on any atom is -0.389 e. The third-order valence-corrected chi connectivity index (χ3v) is 6.30. The molecule has 0 aromatic heterocycles. The van der Waals surface area contributed by atoms with E-state index in [9.17, 15) is 5.11 Å². The summed E-state index contributed by atoms with van der Waals surface area (Å²) in [5.41, 5.74) is 3.24. The number of rotatable bonds is 12. The van der Waals surface area contributed by atoms with E-state index in [0.717, 1.165) is 16.7 Å². The molecule has 0 unspecified atom stereocenters. The van der Waals surface area contributed by atoms with E-state index < -0.39 is 18.3 Å². The van der Waals surface area contributed by atoms with Crippen LogP contribution >= 0.6 is 0 Å². The second kappa shape index (κ2) is 13.3. The summed E-state index contributed by atoms with van der Waals surface area (Å²) < 4.78 is 18.9. The number of ether oxygens (including phenoxy) is 3. The molecule has 0 spiro atoms. The fourth-order valence-corrected chi connectivity index (χ4v) is 4.47. The van der Waals surface area contributed by atoms with E-state index in [1.807, 2.05) is 97.1 Å². The predicted octanol–water partition coefficient (Wildman–Crippen LogP) is 4.65. The normalized spacial score (nSPS) is 24.2. The van der Waals surface area contributed by atoms with Gasteiger partial charge in [-0.15, -0.1) is 6.58 Å². The lowest BCUT2D eigenvalue weighted by Gasteiger charge is -2.45. The van der Waals surface area contributed by atoms with Crippen molar-refractivity contribution < 1.29 is 19.3 Å². The quantitative estimate of drug-likeness (QED) is 0.375. The predicted molar refractivity (Wildman–Crippen MR) is 138 cm³/mol. The minimum atomic E-state index is -0.747. The number of benzene rings is 3. The van der Waals surface area contributed by atoms with Gasteiger partial charge in [-0.2, -0.15) is 0 Å². The molecular formula is C30H35NO4. The molecule has 35 heavy (non-hydrogen) atoms. The van der Waals surface area contributed by atoms with Gasteiger partial charge in [0.25, 0.3) is 0 Å². The number of hydrogen-bond acceptors (Lipinski definition) is 5. The number of nitrogens with one attached hydrogen (secondary N) is 1. The summed E-state index contributed by atoms with van der Waals surface area (Å²) in [6.07, 6.45) is 0.777. The topological polar surface area (TPSA) is 60.0 Å². The SMILES string of the molecule is C=CC[C@H]1N[C@@H](COCc2ccccc2)[C@@H](OCc2ccccc2)[C@H](OCc2ccccc2)[C@H]1O. The zero-order valence-electron chi connectivity index (χ0n) is 20.0. The largest absolute Gasteiger partial charge is 0.389 e. The molecule has 5 nitrogen and oxygen atoms in total. The van der Waals surface area contributed by atoms with Crippen molar-refractivity contribution in [1.82, 2.24) is 5.32 Å². The van der Waals surface area contributed by atoms with Crippen LogP contribution in [0.15, 0.2) is 104 Å². The first-order chi connectivity index (χ1) is 17.2. The van der Waals surface area contributed by atoms with Crippen molar-refractivity contribution in [3.05, 3.63) is 120 Å². The third-order valence-electron chi connectivity index (χ3n) is 6.30. The molecule has 3 aromatic carbocycles. The van der Waals surface area contributed by atoms with E-state index in [0.29, 0.717) is 32.8 Å². The van der Waals surface area contributed by atoms with Gasteiger partial charge in [0.1, 0.15) is 12.2 Å². The van der Waals surface area contributed by atoms with Crippen molar-refractivity contribution in [2.45, 2.75) is 56.6 Å². The molecule has 3 aromatic rings. The van der Waals surface area contributed by atoms with E-state index in [1.165, 1.54) is 0 Å². The Labute approximate surface area is 208 Å². The molecular weight excluding hydrogens is 438 g/mol. The summed E-state index contributed by atoms with van der Waals surface area (Å²) in [6.45, 7) is 5.63. The van der Waals surface area contributed by atoms with E-state index in [1.54, 1.807) is 0 Å². The van der Waals surface area contributed by atoms with E-state index >= 15 is 0 Å². The molecule has 0 bridgehead atoms. The zero-order chi connectivity index (χ0) is 24.3. The highest BCUT2D eigenvalue weighted by Crippen LogP contribution is 2.26. The number of aliphatic hydroxyl groups is 1.